The minimum absolute atomic E-state index is 0.303. The zero-order chi connectivity index (χ0) is 12.6. The Bertz CT molecular complexity index is 432. The molecule has 18 heavy (non-hydrogen) atoms. The molecule has 1 spiro atoms. The van der Waals surface area contributed by atoms with Crippen LogP contribution in [0.3, 0.4) is 0 Å². The number of piperidine rings is 1. The minimum Gasteiger partial charge on any atom is -0.347 e. The number of ether oxygens (including phenoxy) is 2. The number of nitrogens with one attached hydrogen (secondary N) is 1. The Morgan fingerprint density at radius 2 is 2.11 bits per heavy atom. The van der Waals surface area contributed by atoms with Crippen LogP contribution in [0.1, 0.15) is 24.9 Å². The van der Waals surface area contributed by atoms with Gasteiger partial charge in [0.05, 0.1) is 13.2 Å². The molecule has 2 aliphatic rings. The fourth-order valence-corrected chi connectivity index (χ4v) is 3.28. The average Bonchev–Trinajstić information content (AvgIpc) is 2.82. The average molecular weight is 312 g/mol. The van der Waals surface area contributed by atoms with Gasteiger partial charge in [0.25, 0.3) is 0 Å². The molecule has 2 heterocycles. The Morgan fingerprint density at radius 1 is 1.33 bits per heavy atom. The summed E-state index contributed by atoms with van der Waals surface area (Å²) in [6.45, 7) is 4.55. The first-order valence-corrected chi connectivity index (χ1v) is 7.26. The van der Waals surface area contributed by atoms with E-state index in [1.165, 1.54) is 5.56 Å². The first-order valence-electron chi connectivity index (χ1n) is 6.46. The van der Waals surface area contributed by atoms with E-state index < -0.39 is 0 Å². The fraction of sp³-hybridized carbons (Fsp3) is 0.571. The van der Waals surface area contributed by atoms with E-state index in [0.717, 1.165) is 30.7 Å². The van der Waals surface area contributed by atoms with Crippen LogP contribution in [0.4, 0.5) is 0 Å². The predicted molar refractivity (Wildman–Crippen MR) is 73.3 cm³/mol. The summed E-state index contributed by atoms with van der Waals surface area (Å²) in [6, 6.07) is 8.74. The molecule has 1 N–H and O–H groups in total. The summed E-state index contributed by atoms with van der Waals surface area (Å²) < 4.78 is 12.9. The summed E-state index contributed by atoms with van der Waals surface area (Å²) in [6.07, 6.45) is 0.880. The van der Waals surface area contributed by atoms with Crippen molar-refractivity contribution >= 4 is 15.9 Å². The van der Waals surface area contributed by atoms with E-state index in [1.54, 1.807) is 0 Å². The largest absolute Gasteiger partial charge is 0.347 e. The molecule has 0 saturated carbocycles. The van der Waals surface area contributed by atoms with Gasteiger partial charge < -0.3 is 14.8 Å². The topological polar surface area (TPSA) is 30.5 Å². The van der Waals surface area contributed by atoms with E-state index in [1.807, 2.05) is 6.07 Å². The van der Waals surface area contributed by atoms with Crippen LogP contribution < -0.4 is 5.32 Å². The maximum absolute atomic E-state index is 5.90. The van der Waals surface area contributed by atoms with Crippen LogP contribution in [0.15, 0.2) is 28.7 Å². The van der Waals surface area contributed by atoms with Crippen LogP contribution in [0.25, 0.3) is 0 Å². The minimum atomic E-state index is -0.377. The Balaban J connectivity index is 1.82. The number of hydrogen-bond acceptors (Lipinski definition) is 3. The maximum atomic E-state index is 5.90. The third kappa shape index (κ3) is 2.23. The van der Waals surface area contributed by atoms with Crippen LogP contribution in [-0.4, -0.2) is 25.5 Å². The lowest BCUT2D eigenvalue weighted by molar-refractivity contribution is -0.210. The Morgan fingerprint density at radius 3 is 2.83 bits per heavy atom. The third-order valence-electron chi connectivity index (χ3n) is 3.94. The molecule has 0 aliphatic carbocycles. The molecule has 2 atom stereocenters. The molecule has 0 radical (unpaired) electrons. The van der Waals surface area contributed by atoms with Crippen LogP contribution in [0.5, 0.6) is 0 Å². The molecule has 0 aromatic heterocycles. The number of rotatable bonds is 1. The van der Waals surface area contributed by atoms with Gasteiger partial charge in [-0.15, -0.1) is 0 Å². The molecule has 0 bridgehead atoms. The van der Waals surface area contributed by atoms with E-state index in [0.29, 0.717) is 12.0 Å². The highest BCUT2D eigenvalue weighted by atomic mass is 79.9. The molecule has 3 rings (SSSR count). The SMILES string of the molecule is C[C@@H]1CN[C@@H](c2cccc(Br)c2)CC12OCCO2. The van der Waals surface area contributed by atoms with Gasteiger partial charge in [-0.25, -0.2) is 0 Å². The number of hydrogen-bond donors (Lipinski definition) is 1. The molecule has 2 fully saturated rings. The molecular weight excluding hydrogens is 294 g/mol. The van der Waals surface area contributed by atoms with E-state index in [2.05, 4.69) is 46.4 Å². The second-order valence-electron chi connectivity index (χ2n) is 5.13. The van der Waals surface area contributed by atoms with Gasteiger partial charge in [0, 0.05) is 29.4 Å². The van der Waals surface area contributed by atoms with Crippen molar-refractivity contribution in [2.24, 2.45) is 5.92 Å². The van der Waals surface area contributed by atoms with Gasteiger partial charge in [0.1, 0.15) is 0 Å². The van der Waals surface area contributed by atoms with Gasteiger partial charge in [-0.2, -0.15) is 0 Å². The van der Waals surface area contributed by atoms with Gasteiger partial charge in [0.15, 0.2) is 5.79 Å². The number of halogens is 1. The standard InChI is InChI=1S/C14H18BrNO2/c1-10-9-16-13(8-14(10)17-5-6-18-14)11-3-2-4-12(15)7-11/h2-4,7,10,13,16H,5-6,8-9H2,1H3/t10-,13-/m1/s1. The first-order chi connectivity index (χ1) is 8.70. The van der Waals surface area contributed by atoms with Crippen molar-refractivity contribution in [3.8, 4) is 0 Å². The van der Waals surface area contributed by atoms with Crippen LogP contribution in [0.2, 0.25) is 0 Å². The van der Waals surface area contributed by atoms with E-state index >= 15 is 0 Å². The Labute approximate surface area is 116 Å². The van der Waals surface area contributed by atoms with Crippen molar-refractivity contribution in [3.63, 3.8) is 0 Å². The highest BCUT2D eigenvalue weighted by molar-refractivity contribution is 9.10. The van der Waals surface area contributed by atoms with Gasteiger partial charge in [-0.3, -0.25) is 0 Å². The second-order valence-corrected chi connectivity index (χ2v) is 6.05. The van der Waals surface area contributed by atoms with Crippen molar-refractivity contribution < 1.29 is 9.47 Å². The molecule has 0 unspecified atom stereocenters. The summed E-state index contributed by atoms with van der Waals surface area (Å²) >= 11 is 3.53. The number of benzene rings is 1. The molecular formula is C14H18BrNO2. The second kappa shape index (κ2) is 4.93. The molecule has 4 heteroatoms. The van der Waals surface area contributed by atoms with E-state index in [4.69, 9.17) is 9.47 Å². The zero-order valence-corrected chi connectivity index (χ0v) is 12.1. The van der Waals surface area contributed by atoms with E-state index in [9.17, 15) is 0 Å². The zero-order valence-electron chi connectivity index (χ0n) is 10.5. The van der Waals surface area contributed by atoms with Crippen LogP contribution >= 0.6 is 15.9 Å². The van der Waals surface area contributed by atoms with Gasteiger partial charge in [-0.05, 0) is 17.7 Å². The molecule has 98 valence electrons. The fourth-order valence-electron chi connectivity index (χ4n) is 2.86. The van der Waals surface area contributed by atoms with Gasteiger partial charge in [0.2, 0.25) is 0 Å². The van der Waals surface area contributed by atoms with Crippen LogP contribution in [0, 0.1) is 5.92 Å². The van der Waals surface area contributed by atoms with Crippen molar-refractivity contribution in [3.05, 3.63) is 34.3 Å². The molecule has 1 aromatic carbocycles. The van der Waals surface area contributed by atoms with Crippen molar-refractivity contribution in [1.82, 2.24) is 5.32 Å². The summed E-state index contributed by atoms with van der Waals surface area (Å²) in [4.78, 5) is 0. The van der Waals surface area contributed by atoms with Gasteiger partial charge >= 0.3 is 0 Å². The lowest BCUT2D eigenvalue weighted by atomic mass is 9.86. The summed E-state index contributed by atoms with van der Waals surface area (Å²) in [5.41, 5.74) is 1.29. The van der Waals surface area contributed by atoms with Crippen LogP contribution in [-0.2, 0) is 9.47 Å². The monoisotopic (exact) mass is 311 g/mol. The Kier molecular flexibility index (Phi) is 3.45. The van der Waals surface area contributed by atoms with Crippen molar-refractivity contribution in [2.75, 3.05) is 19.8 Å². The quantitative estimate of drug-likeness (QED) is 0.865. The molecule has 0 amide bonds. The summed E-state index contributed by atoms with van der Waals surface area (Å²) in [7, 11) is 0. The summed E-state index contributed by atoms with van der Waals surface area (Å²) in [5, 5.41) is 3.58. The normalized spacial score (nSPS) is 30.8. The Hall–Kier alpha value is -0.420. The lowest BCUT2D eigenvalue weighted by Crippen LogP contribution is -2.51. The van der Waals surface area contributed by atoms with E-state index in [-0.39, 0.29) is 5.79 Å². The molecule has 1 aromatic rings. The first kappa shape index (κ1) is 12.6. The highest BCUT2D eigenvalue weighted by Crippen LogP contribution is 2.40. The van der Waals surface area contributed by atoms with Crippen molar-refractivity contribution in [1.29, 1.82) is 0 Å². The van der Waals surface area contributed by atoms with Gasteiger partial charge in [-0.1, -0.05) is 35.0 Å². The lowest BCUT2D eigenvalue weighted by Gasteiger charge is -2.42. The summed E-state index contributed by atoms with van der Waals surface area (Å²) in [5.74, 6) is 0.0153. The van der Waals surface area contributed by atoms with Crippen molar-refractivity contribution in [2.45, 2.75) is 25.2 Å². The highest BCUT2D eigenvalue weighted by Gasteiger charge is 2.46. The maximum Gasteiger partial charge on any atom is 0.174 e. The molecule has 2 saturated heterocycles. The predicted octanol–water partition coefficient (Wildman–Crippen LogP) is 2.86. The molecule has 3 nitrogen and oxygen atoms in total. The molecule has 2 aliphatic heterocycles. The smallest absolute Gasteiger partial charge is 0.174 e. The third-order valence-corrected chi connectivity index (χ3v) is 4.43.